The molecule has 10 nitrogen and oxygen atoms in total. The van der Waals surface area contributed by atoms with Gasteiger partial charge in [0.15, 0.2) is 5.82 Å². The van der Waals surface area contributed by atoms with Crippen LogP contribution < -0.4 is 15.9 Å². The maximum Gasteiger partial charge on any atom is 0.351 e. The number of esters is 1. The summed E-state index contributed by atoms with van der Waals surface area (Å²) < 4.78 is 7.41. The van der Waals surface area contributed by atoms with Gasteiger partial charge in [0.25, 0.3) is 0 Å². The summed E-state index contributed by atoms with van der Waals surface area (Å²) in [6.45, 7) is 1.29. The van der Waals surface area contributed by atoms with Crippen molar-refractivity contribution in [2.75, 3.05) is 41.9 Å². The number of nitrogens with one attached hydrogen (secondary N) is 1. The molecule has 0 saturated carbocycles. The van der Waals surface area contributed by atoms with Crippen LogP contribution in [-0.2, 0) is 16.1 Å². The van der Waals surface area contributed by atoms with E-state index in [1.54, 1.807) is 24.3 Å². The lowest BCUT2D eigenvalue weighted by Gasteiger charge is -2.27. The van der Waals surface area contributed by atoms with Crippen molar-refractivity contribution in [2.45, 2.75) is 6.54 Å². The van der Waals surface area contributed by atoms with E-state index in [1.807, 2.05) is 36.0 Å². The van der Waals surface area contributed by atoms with Crippen molar-refractivity contribution in [3.63, 3.8) is 0 Å². The average Bonchev–Trinajstić information content (AvgIpc) is 3.19. The zero-order chi connectivity index (χ0) is 23.7. The van der Waals surface area contributed by atoms with Crippen molar-refractivity contribution in [3.8, 4) is 0 Å². The minimum Gasteiger partial charge on any atom is -0.465 e. The Bertz CT molecular complexity index is 1460. The molecule has 34 heavy (non-hydrogen) atoms. The number of carbonyl (C=O) groups is 2. The number of benzene rings is 2. The summed E-state index contributed by atoms with van der Waals surface area (Å²) in [7, 11) is 1.27. The third kappa shape index (κ3) is 3.98. The number of thioether (sulfide) groups is 1. The van der Waals surface area contributed by atoms with Crippen LogP contribution in [0.2, 0.25) is 0 Å². The van der Waals surface area contributed by atoms with E-state index in [-0.39, 0.29) is 12.1 Å². The maximum atomic E-state index is 13.3. The molecule has 4 aromatic rings. The van der Waals surface area contributed by atoms with Gasteiger partial charge in [0, 0.05) is 24.6 Å². The molecule has 0 atom stereocenters. The number of fused-ring (bicyclic) bond motifs is 3. The second-order valence-corrected chi connectivity index (χ2v) is 8.93. The second kappa shape index (κ2) is 9.18. The van der Waals surface area contributed by atoms with Gasteiger partial charge in [-0.05, 0) is 24.3 Å². The molecule has 1 N–H and O–H groups in total. The number of methoxy groups -OCH3 is 1. The van der Waals surface area contributed by atoms with Gasteiger partial charge in [0.1, 0.15) is 6.54 Å². The molecule has 174 valence electrons. The molecule has 1 aliphatic heterocycles. The highest BCUT2D eigenvalue weighted by atomic mass is 32.2. The monoisotopic (exact) mass is 478 g/mol. The molecule has 1 amide bonds. The van der Waals surface area contributed by atoms with Gasteiger partial charge < -0.3 is 15.0 Å². The van der Waals surface area contributed by atoms with E-state index in [2.05, 4.69) is 15.3 Å². The van der Waals surface area contributed by atoms with Crippen molar-refractivity contribution >= 4 is 51.8 Å². The summed E-state index contributed by atoms with van der Waals surface area (Å²) >= 11 is 1.88. The van der Waals surface area contributed by atoms with Crippen molar-refractivity contribution in [2.24, 2.45) is 0 Å². The Labute approximate surface area is 198 Å². The Morgan fingerprint density at radius 2 is 1.82 bits per heavy atom. The number of rotatable bonds is 5. The van der Waals surface area contributed by atoms with Gasteiger partial charge in [0.05, 0.1) is 29.4 Å². The fraction of sp³-hybridized carbons (Fsp3) is 0.261. The molecule has 0 radical (unpaired) electrons. The number of aromatic nitrogens is 4. The molecular weight excluding hydrogens is 456 g/mol. The predicted molar refractivity (Wildman–Crippen MR) is 131 cm³/mol. The van der Waals surface area contributed by atoms with E-state index in [9.17, 15) is 14.4 Å². The van der Waals surface area contributed by atoms with E-state index in [4.69, 9.17) is 9.72 Å². The Balaban J connectivity index is 1.53. The number of hydrogen-bond donors (Lipinski definition) is 1. The van der Waals surface area contributed by atoms with E-state index >= 15 is 0 Å². The third-order valence-electron chi connectivity index (χ3n) is 5.60. The topological polar surface area (TPSA) is 111 Å². The van der Waals surface area contributed by atoms with Gasteiger partial charge in [-0.1, -0.05) is 24.3 Å². The maximum absolute atomic E-state index is 13.3. The number of carbonyl (C=O) groups excluding carboxylic acids is 2. The van der Waals surface area contributed by atoms with E-state index in [0.29, 0.717) is 28.2 Å². The first-order chi connectivity index (χ1) is 16.6. The highest BCUT2D eigenvalue weighted by molar-refractivity contribution is 7.99. The SMILES string of the molecule is COC(=O)c1ccccc1NC(=O)Cn1nc2c(N3CCSCC3)nc3ccccc3n2c1=O. The van der Waals surface area contributed by atoms with Crippen molar-refractivity contribution in [3.05, 3.63) is 64.6 Å². The standard InChI is InChI=1S/C23H22N6O4S/c1-33-22(31)15-6-2-3-7-16(15)24-19(30)14-28-23(32)29-18-9-5-4-8-17(18)25-20(21(29)26-28)27-10-12-34-13-11-27/h2-9H,10-14H2,1H3,(H,24,30). The minimum atomic E-state index is -0.567. The van der Waals surface area contributed by atoms with Crippen LogP contribution >= 0.6 is 11.8 Å². The number of ether oxygens (including phenoxy) is 1. The first-order valence-electron chi connectivity index (χ1n) is 10.7. The summed E-state index contributed by atoms with van der Waals surface area (Å²) in [5.41, 5.74) is 1.81. The van der Waals surface area contributed by atoms with Gasteiger partial charge in [-0.25, -0.2) is 23.7 Å². The number of amides is 1. The molecule has 3 heterocycles. The van der Waals surface area contributed by atoms with Gasteiger partial charge in [-0.3, -0.25) is 4.79 Å². The molecule has 1 fully saturated rings. The van der Waals surface area contributed by atoms with Crippen LogP contribution in [0.25, 0.3) is 16.7 Å². The lowest BCUT2D eigenvalue weighted by Crippen LogP contribution is -2.33. The van der Waals surface area contributed by atoms with Crippen LogP contribution in [0.3, 0.4) is 0 Å². The van der Waals surface area contributed by atoms with Crippen LogP contribution in [0.5, 0.6) is 0 Å². The molecule has 5 rings (SSSR count). The lowest BCUT2D eigenvalue weighted by atomic mass is 10.2. The minimum absolute atomic E-state index is 0.223. The quantitative estimate of drug-likeness (QED) is 0.434. The fourth-order valence-electron chi connectivity index (χ4n) is 3.98. The molecule has 0 spiro atoms. The summed E-state index contributed by atoms with van der Waals surface area (Å²) in [5.74, 6) is 1.50. The van der Waals surface area contributed by atoms with Gasteiger partial charge >= 0.3 is 11.7 Å². The molecular formula is C23H22N6O4S. The highest BCUT2D eigenvalue weighted by Gasteiger charge is 2.23. The first kappa shape index (κ1) is 22.0. The largest absolute Gasteiger partial charge is 0.465 e. The highest BCUT2D eigenvalue weighted by Crippen LogP contribution is 2.25. The summed E-state index contributed by atoms with van der Waals surface area (Å²) in [6, 6.07) is 13.9. The van der Waals surface area contributed by atoms with Crippen LogP contribution in [0.4, 0.5) is 11.5 Å². The van der Waals surface area contributed by atoms with Crippen molar-refractivity contribution < 1.29 is 14.3 Å². The zero-order valence-electron chi connectivity index (χ0n) is 18.4. The zero-order valence-corrected chi connectivity index (χ0v) is 19.2. The van der Waals surface area contributed by atoms with E-state index < -0.39 is 17.6 Å². The molecule has 11 heteroatoms. The number of hydrogen-bond acceptors (Lipinski definition) is 8. The van der Waals surface area contributed by atoms with Gasteiger partial charge in [-0.2, -0.15) is 11.8 Å². The molecule has 1 aliphatic rings. The number of anilines is 2. The lowest BCUT2D eigenvalue weighted by molar-refractivity contribution is -0.117. The summed E-state index contributed by atoms with van der Waals surface area (Å²) in [5, 5.41) is 7.18. The van der Waals surface area contributed by atoms with Crippen LogP contribution in [0, 0.1) is 0 Å². The smallest absolute Gasteiger partial charge is 0.351 e. The van der Waals surface area contributed by atoms with Crippen LogP contribution in [0.15, 0.2) is 53.3 Å². The normalized spacial score (nSPS) is 13.9. The number of para-hydroxylation sites is 3. The molecule has 2 aromatic carbocycles. The summed E-state index contributed by atoms with van der Waals surface area (Å²) in [4.78, 5) is 45.1. The van der Waals surface area contributed by atoms with Gasteiger partial charge in [0.2, 0.25) is 11.6 Å². The fourth-order valence-corrected chi connectivity index (χ4v) is 4.88. The first-order valence-corrected chi connectivity index (χ1v) is 11.9. The Morgan fingerprint density at radius 1 is 1.09 bits per heavy atom. The molecule has 0 unspecified atom stereocenters. The molecule has 2 aromatic heterocycles. The second-order valence-electron chi connectivity index (χ2n) is 7.71. The molecule has 0 aliphatic carbocycles. The molecule has 1 saturated heterocycles. The Kier molecular flexibility index (Phi) is 5.93. The van der Waals surface area contributed by atoms with E-state index in [1.165, 1.54) is 11.5 Å². The Morgan fingerprint density at radius 3 is 2.62 bits per heavy atom. The number of nitrogens with zero attached hydrogens (tertiary/aromatic N) is 5. The Hall–Kier alpha value is -3.86. The predicted octanol–water partition coefficient (Wildman–Crippen LogP) is 2.02. The van der Waals surface area contributed by atoms with E-state index in [0.717, 1.165) is 29.3 Å². The van der Waals surface area contributed by atoms with Crippen LogP contribution in [0.1, 0.15) is 10.4 Å². The van der Waals surface area contributed by atoms with Crippen molar-refractivity contribution in [1.82, 2.24) is 19.2 Å². The van der Waals surface area contributed by atoms with Crippen LogP contribution in [-0.4, -0.2) is 62.7 Å². The third-order valence-corrected chi connectivity index (χ3v) is 6.54. The van der Waals surface area contributed by atoms with Crippen molar-refractivity contribution in [1.29, 1.82) is 0 Å². The van der Waals surface area contributed by atoms with Gasteiger partial charge in [-0.15, -0.1) is 5.10 Å². The summed E-state index contributed by atoms with van der Waals surface area (Å²) in [6.07, 6.45) is 0. The average molecular weight is 479 g/mol. The molecule has 0 bridgehead atoms.